The predicted octanol–water partition coefficient (Wildman–Crippen LogP) is 4.73. The largest absolute Gasteiger partial charge is 0.355 e. The van der Waals surface area contributed by atoms with Gasteiger partial charge in [0.2, 0.25) is 0 Å². The molecule has 1 heterocycles. The number of fused-ring (bicyclic) bond motifs is 1. The summed E-state index contributed by atoms with van der Waals surface area (Å²) in [6.07, 6.45) is 1.73. The molecule has 100 valence electrons. The Kier molecular flexibility index (Phi) is 3.11. The van der Waals surface area contributed by atoms with Crippen LogP contribution in [0.5, 0.6) is 0 Å². The Morgan fingerprint density at radius 3 is 2.60 bits per heavy atom. The Labute approximate surface area is 117 Å². The lowest BCUT2D eigenvalue weighted by atomic mass is 10.1. The summed E-state index contributed by atoms with van der Waals surface area (Å²) in [5.74, 6) is -0.255. The maximum absolute atomic E-state index is 13.4. The molecule has 0 saturated heterocycles. The van der Waals surface area contributed by atoms with Crippen molar-refractivity contribution in [1.29, 1.82) is 0 Å². The molecule has 0 saturated carbocycles. The minimum Gasteiger partial charge on any atom is -0.355 e. The highest BCUT2D eigenvalue weighted by Crippen LogP contribution is 2.27. The summed E-state index contributed by atoms with van der Waals surface area (Å²) in [5, 5.41) is 4.15. The molecule has 2 aromatic carbocycles. The van der Waals surface area contributed by atoms with E-state index in [1.807, 2.05) is 12.1 Å². The van der Waals surface area contributed by atoms with E-state index in [0.717, 1.165) is 27.8 Å². The number of aromatic nitrogens is 1. The van der Waals surface area contributed by atoms with Gasteiger partial charge in [-0.25, -0.2) is 4.39 Å². The lowest BCUT2D eigenvalue weighted by Crippen LogP contribution is -1.95. The Morgan fingerprint density at radius 1 is 0.950 bits per heavy atom. The smallest absolute Gasteiger partial charge is 0.124 e. The molecule has 0 radical (unpaired) electrons. The summed E-state index contributed by atoms with van der Waals surface area (Å²) in [4.78, 5) is 4.25. The molecule has 0 aliphatic rings. The maximum atomic E-state index is 13.4. The van der Waals surface area contributed by atoms with E-state index in [1.165, 1.54) is 17.7 Å². The molecule has 1 N–H and O–H groups in total. The van der Waals surface area contributed by atoms with E-state index in [-0.39, 0.29) is 5.82 Å². The van der Waals surface area contributed by atoms with Crippen LogP contribution in [-0.2, 0) is 0 Å². The predicted molar refractivity (Wildman–Crippen MR) is 80.9 cm³/mol. The highest BCUT2D eigenvalue weighted by atomic mass is 19.1. The summed E-state index contributed by atoms with van der Waals surface area (Å²) in [6, 6.07) is 12.7. The Morgan fingerprint density at radius 2 is 1.80 bits per heavy atom. The number of nitrogens with one attached hydrogen (secondary N) is 1. The first-order valence-corrected chi connectivity index (χ1v) is 6.52. The molecule has 0 bridgehead atoms. The molecule has 1 aromatic heterocycles. The van der Waals surface area contributed by atoms with Crippen molar-refractivity contribution >= 4 is 22.3 Å². The van der Waals surface area contributed by atoms with E-state index in [4.69, 9.17) is 0 Å². The average Bonchev–Trinajstić information content (AvgIpc) is 2.42. The minimum absolute atomic E-state index is 0.255. The average molecular weight is 266 g/mol. The number of pyridine rings is 1. The fraction of sp³-hybridized carbons (Fsp3) is 0.118. The maximum Gasteiger partial charge on any atom is 0.124 e. The van der Waals surface area contributed by atoms with E-state index >= 15 is 0 Å². The van der Waals surface area contributed by atoms with Crippen LogP contribution in [0, 0.1) is 19.7 Å². The van der Waals surface area contributed by atoms with Crippen LogP contribution in [0.1, 0.15) is 11.1 Å². The molecule has 0 aliphatic carbocycles. The third-order valence-electron chi connectivity index (χ3n) is 3.35. The van der Waals surface area contributed by atoms with Gasteiger partial charge in [0, 0.05) is 23.0 Å². The van der Waals surface area contributed by atoms with Gasteiger partial charge in [0.25, 0.3) is 0 Å². The molecule has 3 heteroatoms. The summed E-state index contributed by atoms with van der Waals surface area (Å²) >= 11 is 0. The first-order chi connectivity index (χ1) is 9.63. The van der Waals surface area contributed by atoms with Gasteiger partial charge in [-0.15, -0.1) is 0 Å². The quantitative estimate of drug-likeness (QED) is 0.725. The molecule has 0 aliphatic heterocycles. The lowest BCUT2D eigenvalue weighted by molar-refractivity contribution is 0.629. The molecule has 3 rings (SSSR count). The molecule has 0 fully saturated rings. The van der Waals surface area contributed by atoms with Crippen molar-refractivity contribution in [2.45, 2.75) is 13.8 Å². The monoisotopic (exact) mass is 266 g/mol. The minimum atomic E-state index is -0.255. The third kappa shape index (κ3) is 2.35. The van der Waals surface area contributed by atoms with Crippen LogP contribution in [0.2, 0.25) is 0 Å². The van der Waals surface area contributed by atoms with Crippen molar-refractivity contribution in [1.82, 2.24) is 4.98 Å². The molecule has 3 aromatic rings. The van der Waals surface area contributed by atoms with Gasteiger partial charge in [0.1, 0.15) is 5.82 Å². The van der Waals surface area contributed by atoms with Crippen molar-refractivity contribution in [2.24, 2.45) is 0 Å². The number of hydrogen-bond acceptors (Lipinski definition) is 2. The molecule has 0 atom stereocenters. The second-order valence-electron chi connectivity index (χ2n) is 4.96. The summed E-state index contributed by atoms with van der Waals surface area (Å²) < 4.78 is 13.4. The molecule has 0 amide bonds. The topological polar surface area (TPSA) is 24.9 Å². The van der Waals surface area contributed by atoms with Gasteiger partial charge in [0.15, 0.2) is 0 Å². The van der Waals surface area contributed by atoms with Crippen LogP contribution in [0.3, 0.4) is 0 Å². The van der Waals surface area contributed by atoms with Gasteiger partial charge in [-0.3, -0.25) is 4.98 Å². The summed E-state index contributed by atoms with van der Waals surface area (Å²) in [6.45, 7) is 4.12. The van der Waals surface area contributed by atoms with Gasteiger partial charge in [-0.2, -0.15) is 0 Å². The third-order valence-corrected chi connectivity index (χ3v) is 3.35. The van der Waals surface area contributed by atoms with Crippen LogP contribution in [0.15, 0.2) is 48.7 Å². The second-order valence-corrected chi connectivity index (χ2v) is 4.96. The number of nitrogens with zero attached hydrogens (tertiary/aromatic N) is 1. The standard InChI is InChI=1S/C17H15FN2/c1-11-3-5-15(12(2)9-11)20-17-7-8-19-16-6-4-13(18)10-14(16)17/h3-10H,1-2H3,(H,19,20). The zero-order valence-corrected chi connectivity index (χ0v) is 11.4. The van der Waals surface area contributed by atoms with Crippen molar-refractivity contribution in [2.75, 3.05) is 5.32 Å². The molecular formula is C17H15FN2. The van der Waals surface area contributed by atoms with Crippen molar-refractivity contribution in [3.8, 4) is 0 Å². The Hall–Kier alpha value is -2.42. The summed E-state index contributed by atoms with van der Waals surface area (Å²) in [7, 11) is 0. The zero-order valence-electron chi connectivity index (χ0n) is 11.4. The van der Waals surface area contributed by atoms with Crippen LogP contribution >= 0.6 is 0 Å². The van der Waals surface area contributed by atoms with E-state index < -0.39 is 0 Å². The fourth-order valence-corrected chi connectivity index (χ4v) is 2.33. The van der Waals surface area contributed by atoms with Crippen molar-refractivity contribution in [3.05, 3.63) is 65.6 Å². The number of anilines is 2. The van der Waals surface area contributed by atoms with Gasteiger partial charge >= 0.3 is 0 Å². The number of aryl methyl sites for hydroxylation is 2. The van der Waals surface area contributed by atoms with E-state index in [0.29, 0.717) is 0 Å². The highest BCUT2D eigenvalue weighted by Gasteiger charge is 2.05. The molecular weight excluding hydrogens is 251 g/mol. The fourth-order valence-electron chi connectivity index (χ4n) is 2.33. The SMILES string of the molecule is Cc1ccc(Nc2ccnc3ccc(F)cc23)c(C)c1. The number of benzene rings is 2. The molecule has 0 spiro atoms. The van der Waals surface area contributed by atoms with Gasteiger partial charge in [-0.1, -0.05) is 17.7 Å². The van der Waals surface area contributed by atoms with Crippen LogP contribution < -0.4 is 5.32 Å². The highest BCUT2D eigenvalue weighted by molar-refractivity contribution is 5.93. The van der Waals surface area contributed by atoms with Gasteiger partial charge in [0.05, 0.1) is 5.52 Å². The molecule has 20 heavy (non-hydrogen) atoms. The lowest BCUT2D eigenvalue weighted by Gasteiger charge is -2.12. The van der Waals surface area contributed by atoms with Crippen LogP contribution in [-0.4, -0.2) is 4.98 Å². The Balaban J connectivity index is 2.08. The van der Waals surface area contributed by atoms with E-state index in [1.54, 1.807) is 12.3 Å². The first kappa shape index (κ1) is 12.6. The van der Waals surface area contributed by atoms with Crippen LogP contribution in [0.25, 0.3) is 10.9 Å². The van der Waals surface area contributed by atoms with Gasteiger partial charge in [-0.05, 0) is 49.7 Å². The number of rotatable bonds is 2. The van der Waals surface area contributed by atoms with Crippen molar-refractivity contribution in [3.63, 3.8) is 0 Å². The van der Waals surface area contributed by atoms with Crippen molar-refractivity contribution < 1.29 is 4.39 Å². The van der Waals surface area contributed by atoms with E-state index in [9.17, 15) is 4.39 Å². The number of halogens is 1. The zero-order chi connectivity index (χ0) is 14.1. The number of hydrogen-bond donors (Lipinski definition) is 1. The van der Waals surface area contributed by atoms with Gasteiger partial charge < -0.3 is 5.32 Å². The second kappa shape index (κ2) is 4.93. The van der Waals surface area contributed by atoms with Crippen LogP contribution in [0.4, 0.5) is 15.8 Å². The summed E-state index contributed by atoms with van der Waals surface area (Å²) in [5.41, 5.74) is 5.04. The normalized spacial score (nSPS) is 10.8. The first-order valence-electron chi connectivity index (χ1n) is 6.52. The van der Waals surface area contributed by atoms with E-state index in [2.05, 4.69) is 36.3 Å². The molecule has 2 nitrogen and oxygen atoms in total. The molecule has 0 unspecified atom stereocenters. The Bertz CT molecular complexity index is 781.